The van der Waals surface area contributed by atoms with E-state index in [0.29, 0.717) is 0 Å². The molecule has 46 valence electrons. The van der Waals surface area contributed by atoms with Gasteiger partial charge in [-0.2, -0.15) is 0 Å². The molecule has 0 spiro atoms. The van der Waals surface area contributed by atoms with Gasteiger partial charge in [-0.05, 0) is 11.4 Å². The molecule has 0 atom stereocenters. The number of anilines is 1. The van der Waals surface area contributed by atoms with Crippen LogP contribution in [-0.2, 0) is 0 Å². The van der Waals surface area contributed by atoms with E-state index in [-0.39, 0.29) is 0 Å². The number of hydrogen-bond acceptors (Lipinski definition) is 3. The number of hydrogen-bond donors (Lipinski definition) is 1. The first-order chi connectivity index (χ1) is 4.47. The Morgan fingerprint density at radius 1 is 1.67 bits per heavy atom. The van der Waals surface area contributed by atoms with Crippen LogP contribution in [0.5, 0.6) is 0 Å². The van der Waals surface area contributed by atoms with Gasteiger partial charge in [0, 0.05) is 6.21 Å². The van der Waals surface area contributed by atoms with Gasteiger partial charge in [-0.25, -0.2) is 0 Å². The van der Waals surface area contributed by atoms with Crippen LogP contribution < -0.4 is 5.32 Å². The van der Waals surface area contributed by atoms with E-state index < -0.39 is 0 Å². The average molecular weight is 138 g/mol. The van der Waals surface area contributed by atoms with E-state index in [9.17, 15) is 0 Å². The standard InChI is InChI=1S/C6H6N2S/c1-2-9-6-3-7-4-8-5(1)6/h1-3,8H,4H2. The van der Waals surface area contributed by atoms with E-state index in [1.54, 1.807) is 11.3 Å². The lowest BCUT2D eigenvalue weighted by Crippen LogP contribution is -2.04. The summed E-state index contributed by atoms with van der Waals surface area (Å²) in [7, 11) is 0. The Kier molecular flexibility index (Phi) is 1.02. The van der Waals surface area contributed by atoms with E-state index in [1.165, 1.54) is 10.6 Å². The molecule has 0 bridgehead atoms. The zero-order valence-electron chi connectivity index (χ0n) is 4.79. The van der Waals surface area contributed by atoms with Crippen molar-refractivity contribution in [2.45, 2.75) is 0 Å². The second kappa shape index (κ2) is 1.84. The molecule has 9 heavy (non-hydrogen) atoms. The molecule has 0 fully saturated rings. The van der Waals surface area contributed by atoms with Gasteiger partial charge in [0.2, 0.25) is 0 Å². The molecule has 2 heterocycles. The molecule has 1 aliphatic rings. The second-order valence-corrected chi connectivity index (χ2v) is 2.79. The Labute approximate surface area is 57.2 Å². The lowest BCUT2D eigenvalue weighted by molar-refractivity contribution is 1.14. The second-order valence-electron chi connectivity index (χ2n) is 1.85. The summed E-state index contributed by atoms with van der Waals surface area (Å²) >= 11 is 1.71. The molecule has 1 N–H and O–H groups in total. The van der Waals surface area contributed by atoms with Crippen LogP contribution in [-0.4, -0.2) is 12.9 Å². The highest BCUT2D eigenvalue weighted by Gasteiger charge is 2.02. The summed E-state index contributed by atoms with van der Waals surface area (Å²) in [5, 5.41) is 5.22. The van der Waals surface area contributed by atoms with Crippen LogP contribution in [0.25, 0.3) is 0 Å². The number of thiophene rings is 1. The maximum atomic E-state index is 4.06. The predicted molar refractivity (Wildman–Crippen MR) is 40.4 cm³/mol. The lowest BCUT2D eigenvalue weighted by Gasteiger charge is -2.05. The van der Waals surface area contributed by atoms with E-state index >= 15 is 0 Å². The molecule has 0 saturated carbocycles. The first kappa shape index (κ1) is 4.99. The lowest BCUT2D eigenvalue weighted by atomic mass is 10.4. The van der Waals surface area contributed by atoms with Crippen molar-refractivity contribution in [3.8, 4) is 0 Å². The average Bonchev–Trinajstić information content (AvgIpc) is 2.33. The third-order valence-corrected chi connectivity index (χ3v) is 2.12. The van der Waals surface area contributed by atoms with Gasteiger partial charge in [0.15, 0.2) is 0 Å². The topological polar surface area (TPSA) is 24.4 Å². The van der Waals surface area contributed by atoms with Gasteiger partial charge in [-0.3, -0.25) is 4.99 Å². The molecule has 0 aromatic carbocycles. The van der Waals surface area contributed by atoms with Gasteiger partial charge in [-0.15, -0.1) is 11.3 Å². The first-order valence-corrected chi connectivity index (χ1v) is 3.66. The Bertz CT molecular complexity index is 239. The molecular formula is C6H6N2S. The zero-order valence-corrected chi connectivity index (χ0v) is 5.61. The molecule has 0 aliphatic carbocycles. The minimum Gasteiger partial charge on any atom is -0.365 e. The zero-order chi connectivity index (χ0) is 6.10. The highest BCUT2D eigenvalue weighted by molar-refractivity contribution is 7.12. The van der Waals surface area contributed by atoms with Crippen LogP contribution in [0.15, 0.2) is 16.4 Å². The Morgan fingerprint density at radius 3 is 3.56 bits per heavy atom. The maximum absolute atomic E-state index is 4.06. The van der Waals surface area contributed by atoms with Gasteiger partial charge < -0.3 is 5.32 Å². The van der Waals surface area contributed by atoms with E-state index in [2.05, 4.69) is 21.8 Å². The number of aliphatic imine (C=N–C) groups is 1. The summed E-state index contributed by atoms with van der Waals surface area (Å²) in [5.41, 5.74) is 1.22. The van der Waals surface area contributed by atoms with Crippen molar-refractivity contribution in [3.05, 3.63) is 16.3 Å². The molecule has 3 heteroatoms. The maximum Gasteiger partial charge on any atom is 0.107 e. The molecule has 2 nitrogen and oxygen atoms in total. The molecule has 0 unspecified atom stereocenters. The number of nitrogens with zero attached hydrogens (tertiary/aromatic N) is 1. The van der Waals surface area contributed by atoms with Crippen LogP contribution in [0.2, 0.25) is 0 Å². The fourth-order valence-corrected chi connectivity index (χ4v) is 1.58. The summed E-state index contributed by atoms with van der Waals surface area (Å²) in [4.78, 5) is 5.30. The van der Waals surface area contributed by atoms with E-state index in [4.69, 9.17) is 0 Å². The molecule has 1 aromatic heterocycles. The Balaban J connectivity index is 2.53. The number of nitrogens with one attached hydrogen (secondary N) is 1. The third-order valence-electron chi connectivity index (χ3n) is 1.26. The van der Waals surface area contributed by atoms with Gasteiger partial charge in [-0.1, -0.05) is 0 Å². The minimum absolute atomic E-state index is 0.726. The fourth-order valence-electron chi connectivity index (χ4n) is 0.826. The quantitative estimate of drug-likeness (QED) is 0.578. The predicted octanol–water partition coefficient (Wildman–Crippen LogP) is 1.55. The molecular weight excluding hydrogens is 132 g/mol. The van der Waals surface area contributed by atoms with Crippen LogP contribution >= 0.6 is 11.3 Å². The van der Waals surface area contributed by atoms with Crippen molar-refractivity contribution in [3.63, 3.8) is 0 Å². The molecule has 0 radical (unpaired) electrons. The van der Waals surface area contributed by atoms with Crippen molar-refractivity contribution in [2.75, 3.05) is 12.0 Å². The molecule has 0 saturated heterocycles. The summed E-state index contributed by atoms with van der Waals surface area (Å²) in [5.74, 6) is 0. The fraction of sp³-hybridized carbons (Fsp3) is 0.167. The molecule has 1 aromatic rings. The van der Waals surface area contributed by atoms with Crippen molar-refractivity contribution in [2.24, 2.45) is 4.99 Å². The minimum atomic E-state index is 0.726. The summed E-state index contributed by atoms with van der Waals surface area (Å²) in [6.07, 6.45) is 1.91. The van der Waals surface area contributed by atoms with Gasteiger partial charge in [0.05, 0.1) is 10.6 Å². The Morgan fingerprint density at radius 2 is 2.67 bits per heavy atom. The van der Waals surface area contributed by atoms with Gasteiger partial charge in [0.25, 0.3) is 0 Å². The third kappa shape index (κ3) is 0.733. The van der Waals surface area contributed by atoms with Crippen LogP contribution in [0.4, 0.5) is 5.69 Å². The SMILES string of the molecule is C1=NCNc2ccsc21. The van der Waals surface area contributed by atoms with Gasteiger partial charge >= 0.3 is 0 Å². The number of fused-ring (bicyclic) bond motifs is 1. The number of rotatable bonds is 0. The highest BCUT2D eigenvalue weighted by atomic mass is 32.1. The normalized spacial score (nSPS) is 14.7. The van der Waals surface area contributed by atoms with Crippen molar-refractivity contribution < 1.29 is 0 Å². The molecule has 2 rings (SSSR count). The molecule has 0 amide bonds. The van der Waals surface area contributed by atoms with Crippen molar-refractivity contribution in [1.82, 2.24) is 0 Å². The summed E-state index contributed by atoms with van der Waals surface area (Å²) in [6.45, 7) is 0.726. The van der Waals surface area contributed by atoms with Crippen LogP contribution in [0.3, 0.4) is 0 Å². The van der Waals surface area contributed by atoms with E-state index in [1.807, 2.05) is 6.21 Å². The van der Waals surface area contributed by atoms with Crippen molar-refractivity contribution >= 4 is 23.2 Å². The summed E-state index contributed by atoms with van der Waals surface area (Å²) in [6, 6.07) is 2.07. The Hall–Kier alpha value is -0.830. The van der Waals surface area contributed by atoms with Crippen LogP contribution in [0, 0.1) is 0 Å². The largest absolute Gasteiger partial charge is 0.365 e. The summed E-state index contributed by atoms with van der Waals surface area (Å²) < 4.78 is 0. The first-order valence-electron chi connectivity index (χ1n) is 2.78. The smallest absolute Gasteiger partial charge is 0.107 e. The van der Waals surface area contributed by atoms with Crippen LogP contribution in [0.1, 0.15) is 4.88 Å². The highest BCUT2D eigenvalue weighted by Crippen LogP contribution is 2.21. The van der Waals surface area contributed by atoms with E-state index in [0.717, 1.165) is 6.67 Å². The molecule has 1 aliphatic heterocycles. The monoisotopic (exact) mass is 138 g/mol. The van der Waals surface area contributed by atoms with Crippen molar-refractivity contribution in [1.29, 1.82) is 0 Å². The van der Waals surface area contributed by atoms with Gasteiger partial charge in [0.1, 0.15) is 6.67 Å².